The second-order valence-electron chi connectivity index (χ2n) is 9.04. The summed E-state index contributed by atoms with van der Waals surface area (Å²) in [6.07, 6.45) is -1.29. The van der Waals surface area contributed by atoms with Crippen molar-refractivity contribution < 1.29 is 28.3 Å². The minimum atomic E-state index is -2.58. The summed E-state index contributed by atoms with van der Waals surface area (Å²) in [5.74, 6) is -0.963. The maximum atomic E-state index is 12.9. The van der Waals surface area contributed by atoms with Gasteiger partial charge in [0.1, 0.15) is 30.2 Å². The number of anilines is 2. The molecule has 5 rings (SSSR count). The molecule has 1 fully saturated rings. The van der Waals surface area contributed by atoms with Gasteiger partial charge in [0.25, 0.3) is 6.43 Å². The van der Waals surface area contributed by atoms with Crippen LogP contribution in [0.1, 0.15) is 23.4 Å². The number of ether oxygens (including phenoxy) is 1. The molecule has 0 bridgehead atoms. The fourth-order valence-electron chi connectivity index (χ4n) is 4.46. The van der Waals surface area contributed by atoms with Crippen LogP contribution >= 0.6 is 0 Å². The van der Waals surface area contributed by atoms with Crippen molar-refractivity contribution in [2.24, 2.45) is 0 Å². The van der Waals surface area contributed by atoms with Crippen LogP contribution in [0, 0.1) is 17.0 Å². The third kappa shape index (κ3) is 5.70. The number of piperazine rings is 1. The monoisotopic (exact) mass is 567 g/mol. The van der Waals surface area contributed by atoms with Crippen LogP contribution < -0.4 is 14.5 Å². The Bertz CT molecular complexity index is 1550. The van der Waals surface area contributed by atoms with Gasteiger partial charge >= 0.3 is 11.8 Å². The maximum Gasteiger partial charge on any atom is 0.387 e. The van der Waals surface area contributed by atoms with Gasteiger partial charge < -0.3 is 29.8 Å². The van der Waals surface area contributed by atoms with Crippen molar-refractivity contribution in [2.75, 3.05) is 29.4 Å². The molecule has 14 nitrogen and oxygen atoms in total. The van der Waals surface area contributed by atoms with Gasteiger partial charge in [-0.1, -0.05) is 17.3 Å². The lowest BCUT2D eigenvalue weighted by Crippen LogP contribution is -2.57. The zero-order valence-corrected chi connectivity index (χ0v) is 21.5. The van der Waals surface area contributed by atoms with Crippen LogP contribution in [0.25, 0.3) is 5.69 Å². The molecular weight excluding hydrogens is 544 g/mol. The van der Waals surface area contributed by atoms with Gasteiger partial charge in [-0.15, -0.1) is 15.3 Å². The van der Waals surface area contributed by atoms with E-state index in [0.717, 1.165) is 0 Å². The molecule has 212 valence electrons. The number of hydrogen-bond acceptors (Lipinski definition) is 11. The van der Waals surface area contributed by atoms with E-state index in [-0.39, 0.29) is 36.8 Å². The van der Waals surface area contributed by atoms with Gasteiger partial charge in [0.15, 0.2) is 5.82 Å². The van der Waals surface area contributed by atoms with Gasteiger partial charge in [0.05, 0.1) is 17.9 Å². The Balaban J connectivity index is 1.27. The number of aliphatic carboxylic acids is 1. The Morgan fingerprint density at radius 2 is 1.93 bits per heavy atom. The normalized spacial score (nSPS) is 15.3. The van der Waals surface area contributed by atoms with E-state index in [1.165, 1.54) is 52.2 Å². The number of aryl methyl sites for hydroxylation is 1. The van der Waals surface area contributed by atoms with E-state index in [1.54, 1.807) is 24.0 Å². The van der Waals surface area contributed by atoms with E-state index in [4.69, 9.17) is 4.74 Å². The molecule has 4 heterocycles. The lowest BCUT2D eigenvalue weighted by molar-refractivity contribution is -0.388. The summed E-state index contributed by atoms with van der Waals surface area (Å²) in [7, 11) is 0. The lowest BCUT2D eigenvalue weighted by atomic mass is 10.1. The third-order valence-electron chi connectivity index (χ3n) is 6.57. The topological polar surface area (TPSA) is 166 Å². The van der Waals surface area contributed by atoms with E-state index in [2.05, 4.69) is 25.5 Å². The maximum absolute atomic E-state index is 12.9. The second kappa shape index (κ2) is 11.4. The van der Waals surface area contributed by atoms with Gasteiger partial charge in [0.2, 0.25) is 5.88 Å². The predicted molar refractivity (Wildman–Crippen MR) is 139 cm³/mol. The van der Waals surface area contributed by atoms with Crippen LogP contribution in [-0.4, -0.2) is 71.9 Å². The molecule has 0 spiro atoms. The smallest absolute Gasteiger partial charge is 0.387 e. The van der Waals surface area contributed by atoms with E-state index < -0.39 is 29.2 Å². The average Bonchev–Trinajstić information content (AvgIpc) is 3.35. The number of hydrogen-bond donors (Lipinski definition) is 1. The highest BCUT2D eigenvalue weighted by atomic mass is 19.3. The number of pyridine rings is 1. The van der Waals surface area contributed by atoms with Crippen molar-refractivity contribution in [2.45, 2.75) is 26.0 Å². The number of carbonyl (C=O) groups is 1. The van der Waals surface area contributed by atoms with E-state index in [1.807, 2.05) is 0 Å². The Labute approximate surface area is 231 Å². The Morgan fingerprint density at radius 3 is 2.59 bits per heavy atom. The lowest BCUT2D eigenvalue weighted by Gasteiger charge is -2.40. The number of carboxylic acid groups (broad SMARTS) is 1. The highest BCUT2D eigenvalue weighted by Gasteiger charge is 2.36. The van der Waals surface area contributed by atoms with Gasteiger partial charge in [0, 0.05) is 24.7 Å². The second-order valence-corrected chi connectivity index (χ2v) is 9.04. The van der Waals surface area contributed by atoms with Crippen molar-refractivity contribution in [3.8, 4) is 11.6 Å². The molecule has 3 aromatic heterocycles. The molecule has 1 aromatic carbocycles. The molecule has 0 amide bonds. The molecule has 0 saturated carbocycles. The SMILES string of the molecule is Cc1nnn(-c2ccc(C(F)F)cc2)c1COc1ccc(N2CCN(c3cccnc3[N+](=O)[O-])C(C(=O)O)C2)nn1. The molecule has 16 heteroatoms. The van der Waals surface area contributed by atoms with Gasteiger partial charge in [-0.25, -0.2) is 18.3 Å². The number of halogens is 2. The molecule has 1 unspecified atom stereocenters. The summed E-state index contributed by atoms with van der Waals surface area (Å²) in [4.78, 5) is 29.8. The first-order chi connectivity index (χ1) is 19.7. The Morgan fingerprint density at radius 1 is 1.15 bits per heavy atom. The third-order valence-corrected chi connectivity index (χ3v) is 6.57. The number of aromatic nitrogens is 6. The molecular formula is C25H23F2N9O5. The van der Waals surface area contributed by atoms with Crippen LogP contribution in [0.2, 0.25) is 0 Å². The fraction of sp³-hybridized carbons (Fsp3) is 0.280. The quantitative estimate of drug-likeness (QED) is 0.232. The van der Waals surface area contributed by atoms with Crippen molar-refractivity contribution in [1.82, 2.24) is 30.2 Å². The van der Waals surface area contributed by atoms with E-state index in [9.17, 15) is 28.8 Å². The molecule has 0 radical (unpaired) electrons. The molecule has 0 aliphatic carbocycles. The summed E-state index contributed by atoms with van der Waals surface area (Å²) in [5, 5.41) is 37.7. The first kappa shape index (κ1) is 27.3. The van der Waals surface area contributed by atoms with Crippen molar-refractivity contribution in [3.63, 3.8) is 0 Å². The molecule has 1 saturated heterocycles. The summed E-state index contributed by atoms with van der Waals surface area (Å²) < 4.78 is 33.1. The highest BCUT2D eigenvalue weighted by Crippen LogP contribution is 2.30. The van der Waals surface area contributed by atoms with E-state index in [0.29, 0.717) is 29.4 Å². The van der Waals surface area contributed by atoms with Crippen LogP contribution in [0.15, 0.2) is 54.7 Å². The molecule has 1 N–H and O–H groups in total. The largest absolute Gasteiger partial charge is 0.480 e. The predicted octanol–water partition coefficient (Wildman–Crippen LogP) is 2.97. The Hall–Kier alpha value is -5.28. The first-order valence-electron chi connectivity index (χ1n) is 12.3. The number of rotatable bonds is 9. The minimum Gasteiger partial charge on any atom is -0.480 e. The summed E-state index contributed by atoms with van der Waals surface area (Å²) >= 11 is 0. The number of nitrogens with zero attached hydrogens (tertiary/aromatic N) is 9. The molecule has 41 heavy (non-hydrogen) atoms. The van der Waals surface area contributed by atoms with Gasteiger partial charge in [-0.3, -0.25) is 0 Å². The Kier molecular flexibility index (Phi) is 7.62. The molecule has 4 aromatic rings. The average molecular weight is 568 g/mol. The van der Waals surface area contributed by atoms with Crippen LogP contribution in [-0.2, 0) is 11.4 Å². The molecule has 1 atom stereocenters. The summed E-state index contributed by atoms with van der Waals surface area (Å²) in [6, 6.07) is 10.8. The van der Waals surface area contributed by atoms with Gasteiger partial charge in [-0.05, 0) is 47.2 Å². The number of benzene rings is 1. The molecule has 1 aliphatic heterocycles. The van der Waals surface area contributed by atoms with Crippen molar-refractivity contribution in [1.29, 1.82) is 0 Å². The highest BCUT2D eigenvalue weighted by molar-refractivity contribution is 5.81. The zero-order chi connectivity index (χ0) is 29.1. The van der Waals surface area contributed by atoms with E-state index >= 15 is 0 Å². The summed E-state index contributed by atoms with van der Waals surface area (Å²) in [6.45, 7) is 2.28. The summed E-state index contributed by atoms with van der Waals surface area (Å²) in [5.41, 5.74) is 1.74. The fourth-order valence-corrected chi connectivity index (χ4v) is 4.46. The van der Waals surface area contributed by atoms with Crippen LogP contribution in [0.5, 0.6) is 5.88 Å². The molecule has 1 aliphatic rings. The standard InChI is InChI=1S/C25H23F2N9O5/c1-15-20(35(32-29-15)17-6-4-16(5-7-17)23(26)27)14-41-22-9-8-21(30-31-22)33-11-12-34(19(13-33)25(37)38)18-3-2-10-28-24(18)36(39)40/h2-10,19,23H,11-14H2,1H3,(H,37,38). The minimum absolute atomic E-state index is 0.00463. The number of carboxylic acids is 1. The van der Waals surface area contributed by atoms with Gasteiger partial charge in [-0.2, -0.15) is 0 Å². The number of nitro groups is 1. The van der Waals surface area contributed by atoms with Crippen molar-refractivity contribution in [3.05, 3.63) is 81.8 Å². The first-order valence-corrected chi connectivity index (χ1v) is 12.3. The van der Waals surface area contributed by atoms with Crippen LogP contribution in [0.4, 0.5) is 26.1 Å². The zero-order valence-electron chi connectivity index (χ0n) is 21.5. The number of alkyl halides is 2. The van der Waals surface area contributed by atoms with Crippen molar-refractivity contribution >= 4 is 23.3 Å². The van der Waals surface area contributed by atoms with Crippen LogP contribution in [0.3, 0.4) is 0 Å².